The summed E-state index contributed by atoms with van der Waals surface area (Å²) >= 11 is 0. The molecule has 4 nitrogen and oxygen atoms in total. The van der Waals surface area contributed by atoms with Crippen LogP contribution >= 0.6 is 0 Å². The molecular formula is C10H9N3O. The monoisotopic (exact) mass is 187 g/mol. The quantitative estimate of drug-likeness (QED) is 0.531. The van der Waals surface area contributed by atoms with E-state index in [-0.39, 0.29) is 6.04 Å². The van der Waals surface area contributed by atoms with Crippen LogP contribution in [-0.2, 0) is 4.79 Å². The third-order valence-electron chi connectivity index (χ3n) is 2.15. The van der Waals surface area contributed by atoms with Gasteiger partial charge in [0.2, 0.25) is 6.08 Å². The second-order valence-corrected chi connectivity index (χ2v) is 3.03. The SMILES string of the molecule is CC(N=C=O)c1cnn2ccccc12. The van der Waals surface area contributed by atoms with Crippen molar-refractivity contribution >= 4 is 11.6 Å². The largest absolute Gasteiger partial charge is 0.241 e. The van der Waals surface area contributed by atoms with Crippen molar-refractivity contribution in [3.63, 3.8) is 0 Å². The van der Waals surface area contributed by atoms with Gasteiger partial charge in [-0.25, -0.2) is 9.31 Å². The lowest BCUT2D eigenvalue weighted by atomic mass is 10.1. The minimum absolute atomic E-state index is 0.188. The van der Waals surface area contributed by atoms with Gasteiger partial charge in [0.25, 0.3) is 0 Å². The second kappa shape index (κ2) is 3.44. The second-order valence-electron chi connectivity index (χ2n) is 3.03. The molecule has 70 valence electrons. The summed E-state index contributed by atoms with van der Waals surface area (Å²) in [4.78, 5) is 13.8. The van der Waals surface area contributed by atoms with Crippen molar-refractivity contribution in [2.75, 3.05) is 0 Å². The Kier molecular flexibility index (Phi) is 2.13. The van der Waals surface area contributed by atoms with Gasteiger partial charge in [-0.05, 0) is 19.1 Å². The van der Waals surface area contributed by atoms with Crippen LogP contribution in [0.4, 0.5) is 0 Å². The highest BCUT2D eigenvalue weighted by atomic mass is 16.1. The summed E-state index contributed by atoms with van der Waals surface area (Å²) in [7, 11) is 0. The van der Waals surface area contributed by atoms with Crippen LogP contribution in [0.25, 0.3) is 5.52 Å². The Bertz CT molecular complexity index is 497. The summed E-state index contributed by atoms with van der Waals surface area (Å²) in [5.41, 5.74) is 1.91. The maximum absolute atomic E-state index is 10.1. The first-order valence-electron chi connectivity index (χ1n) is 4.32. The molecule has 0 aliphatic carbocycles. The molecule has 2 heterocycles. The highest BCUT2D eigenvalue weighted by molar-refractivity contribution is 5.55. The van der Waals surface area contributed by atoms with Crippen molar-refractivity contribution in [3.05, 3.63) is 36.2 Å². The van der Waals surface area contributed by atoms with Crippen molar-refractivity contribution < 1.29 is 4.79 Å². The van der Waals surface area contributed by atoms with Gasteiger partial charge < -0.3 is 0 Å². The number of hydrogen-bond donors (Lipinski definition) is 0. The molecule has 0 saturated carbocycles. The van der Waals surface area contributed by atoms with Gasteiger partial charge >= 0.3 is 0 Å². The van der Waals surface area contributed by atoms with Crippen LogP contribution in [0.1, 0.15) is 18.5 Å². The molecule has 0 aromatic carbocycles. The predicted octanol–water partition coefficient (Wildman–Crippen LogP) is 1.73. The molecule has 0 radical (unpaired) electrons. The third-order valence-corrected chi connectivity index (χ3v) is 2.15. The van der Waals surface area contributed by atoms with Crippen molar-refractivity contribution in [2.45, 2.75) is 13.0 Å². The van der Waals surface area contributed by atoms with E-state index in [0.717, 1.165) is 11.1 Å². The van der Waals surface area contributed by atoms with Gasteiger partial charge in [-0.3, -0.25) is 0 Å². The summed E-state index contributed by atoms with van der Waals surface area (Å²) < 4.78 is 1.76. The smallest absolute Gasteiger partial charge is 0.235 e. The number of pyridine rings is 1. The average molecular weight is 187 g/mol. The maximum atomic E-state index is 10.1. The van der Waals surface area contributed by atoms with Crippen LogP contribution in [0.5, 0.6) is 0 Å². The molecule has 1 unspecified atom stereocenters. The summed E-state index contributed by atoms with van der Waals surface area (Å²) in [5.74, 6) is 0. The minimum atomic E-state index is -0.188. The first-order chi connectivity index (χ1) is 6.83. The number of aromatic nitrogens is 2. The molecule has 4 heteroatoms. The van der Waals surface area contributed by atoms with Crippen molar-refractivity contribution in [3.8, 4) is 0 Å². The molecular weight excluding hydrogens is 178 g/mol. The van der Waals surface area contributed by atoms with Gasteiger partial charge in [0, 0.05) is 11.8 Å². The van der Waals surface area contributed by atoms with E-state index in [9.17, 15) is 4.79 Å². The van der Waals surface area contributed by atoms with Gasteiger partial charge in [-0.1, -0.05) is 6.07 Å². The molecule has 0 N–H and O–H groups in total. The van der Waals surface area contributed by atoms with E-state index in [1.165, 1.54) is 0 Å². The Morgan fingerprint density at radius 2 is 2.43 bits per heavy atom. The van der Waals surface area contributed by atoms with Crippen LogP contribution in [-0.4, -0.2) is 15.7 Å². The van der Waals surface area contributed by atoms with Crippen LogP contribution < -0.4 is 0 Å². The van der Waals surface area contributed by atoms with E-state index in [2.05, 4.69) is 10.1 Å². The van der Waals surface area contributed by atoms with E-state index in [1.54, 1.807) is 16.8 Å². The minimum Gasteiger partial charge on any atom is -0.241 e. The Balaban J connectivity index is 2.57. The molecule has 1 atom stereocenters. The topological polar surface area (TPSA) is 46.7 Å². The predicted molar refractivity (Wildman–Crippen MR) is 51.7 cm³/mol. The fourth-order valence-electron chi connectivity index (χ4n) is 1.42. The number of hydrogen-bond acceptors (Lipinski definition) is 3. The van der Waals surface area contributed by atoms with E-state index >= 15 is 0 Å². The van der Waals surface area contributed by atoms with E-state index in [0.29, 0.717) is 0 Å². The van der Waals surface area contributed by atoms with Gasteiger partial charge in [0.1, 0.15) is 0 Å². The van der Waals surface area contributed by atoms with Crippen LogP contribution in [0.2, 0.25) is 0 Å². The van der Waals surface area contributed by atoms with Gasteiger partial charge in [-0.2, -0.15) is 10.1 Å². The van der Waals surface area contributed by atoms with E-state index in [4.69, 9.17) is 0 Å². The van der Waals surface area contributed by atoms with E-state index in [1.807, 2.05) is 31.3 Å². The Morgan fingerprint density at radius 3 is 3.21 bits per heavy atom. The van der Waals surface area contributed by atoms with Gasteiger partial charge in [0.05, 0.1) is 17.8 Å². The van der Waals surface area contributed by atoms with Crippen LogP contribution in [0, 0.1) is 0 Å². The number of rotatable bonds is 2. The molecule has 2 rings (SSSR count). The highest BCUT2D eigenvalue weighted by Gasteiger charge is 2.09. The Labute approximate surface area is 80.9 Å². The molecule has 0 spiro atoms. The first kappa shape index (κ1) is 8.66. The fourth-order valence-corrected chi connectivity index (χ4v) is 1.42. The van der Waals surface area contributed by atoms with Crippen molar-refractivity contribution in [2.24, 2.45) is 4.99 Å². The number of isocyanates is 1. The highest BCUT2D eigenvalue weighted by Crippen LogP contribution is 2.20. The molecule has 2 aromatic heterocycles. The van der Waals surface area contributed by atoms with Crippen molar-refractivity contribution in [1.82, 2.24) is 9.61 Å². The average Bonchev–Trinajstić information content (AvgIpc) is 2.61. The fraction of sp³-hybridized carbons (Fsp3) is 0.200. The Morgan fingerprint density at radius 1 is 1.57 bits per heavy atom. The molecule has 0 amide bonds. The Hall–Kier alpha value is -1.93. The van der Waals surface area contributed by atoms with Crippen molar-refractivity contribution in [1.29, 1.82) is 0 Å². The summed E-state index contributed by atoms with van der Waals surface area (Å²) in [6.45, 7) is 1.84. The van der Waals surface area contributed by atoms with E-state index < -0.39 is 0 Å². The number of carbonyl (C=O) groups excluding carboxylic acids is 1. The van der Waals surface area contributed by atoms with Crippen LogP contribution in [0.15, 0.2) is 35.6 Å². The third kappa shape index (κ3) is 1.32. The first-order valence-corrected chi connectivity index (χ1v) is 4.32. The number of nitrogens with zero attached hydrogens (tertiary/aromatic N) is 3. The summed E-state index contributed by atoms with van der Waals surface area (Å²) in [6, 6.07) is 5.58. The number of aliphatic imine (C=N–C) groups is 1. The normalized spacial score (nSPS) is 12.4. The van der Waals surface area contributed by atoms with Gasteiger partial charge in [-0.15, -0.1) is 0 Å². The summed E-state index contributed by atoms with van der Waals surface area (Å²) in [6.07, 6.45) is 5.14. The molecule has 0 aliphatic rings. The lowest BCUT2D eigenvalue weighted by molar-refractivity contribution is 0.559. The lowest BCUT2D eigenvalue weighted by Crippen LogP contribution is -1.89. The summed E-state index contributed by atoms with van der Waals surface area (Å²) in [5, 5.41) is 4.15. The van der Waals surface area contributed by atoms with Gasteiger partial charge in [0.15, 0.2) is 0 Å². The van der Waals surface area contributed by atoms with Crippen LogP contribution in [0.3, 0.4) is 0 Å². The maximum Gasteiger partial charge on any atom is 0.235 e. The lowest BCUT2D eigenvalue weighted by Gasteiger charge is -2.00. The number of fused-ring (bicyclic) bond motifs is 1. The molecule has 14 heavy (non-hydrogen) atoms. The molecule has 0 fully saturated rings. The zero-order valence-corrected chi connectivity index (χ0v) is 7.71. The molecule has 2 aromatic rings. The molecule has 0 aliphatic heterocycles. The standard InChI is InChI=1S/C10H9N3O/c1-8(11-7-14)9-6-12-13-5-3-2-4-10(9)13/h2-6,8H,1H3. The molecule has 0 saturated heterocycles. The zero-order chi connectivity index (χ0) is 9.97. The molecule has 0 bridgehead atoms. The zero-order valence-electron chi connectivity index (χ0n) is 7.71.